The first-order chi connectivity index (χ1) is 8.63. The minimum Gasteiger partial charge on any atom is -0.497 e. The molecular weight excluding hydrogens is 250 g/mol. The van der Waals surface area contributed by atoms with Crippen LogP contribution in [0.3, 0.4) is 0 Å². The summed E-state index contributed by atoms with van der Waals surface area (Å²) in [4.78, 5) is 4.28. The number of aromatic nitrogens is 1. The molecule has 0 aliphatic heterocycles. The lowest BCUT2D eigenvalue weighted by molar-refractivity contribution is 0.218. The summed E-state index contributed by atoms with van der Waals surface area (Å²) in [7, 11) is 3.16. The number of benzene rings is 1. The summed E-state index contributed by atoms with van der Waals surface area (Å²) in [6, 6.07) is 5.33. The summed E-state index contributed by atoms with van der Waals surface area (Å²) < 4.78 is 10.4. The van der Waals surface area contributed by atoms with E-state index in [9.17, 15) is 5.11 Å². The fourth-order valence-electron chi connectivity index (χ4n) is 1.63. The molecule has 0 spiro atoms. The predicted octanol–water partition coefficient (Wildman–Crippen LogP) is 2.55. The van der Waals surface area contributed by atoms with Gasteiger partial charge in [0.1, 0.15) is 22.6 Å². The van der Waals surface area contributed by atoms with Crippen LogP contribution in [0.4, 0.5) is 0 Å². The second kappa shape index (κ2) is 5.37. The summed E-state index contributed by atoms with van der Waals surface area (Å²) in [6.07, 6.45) is -0.757. The second-order valence-corrected chi connectivity index (χ2v) is 4.77. The van der Waals surface area contributed by atoms with Crippen LogP contribution in [0, 0.1) is 6.92 Å². The number of aryl methyl sites for hydroxylation is 1. The maximum atomic E-state index is 10.3. The van der Waals surface area contributed by atoms with Crippen LogP contribution in [0.15, 0.2) is 23.6 Å². The van der Waals surface area contributed by atoms with Crippen LogP contribution in [0.2, 0.25) is 0 Å². The smallest absolute Gasteiger partial charge is 0.131 e. The third kappa shape index (κ3) is 2.63. The molecule has 0 saturated carbocycles. The number of ether oxygens (including phenoxy) is 2. The number of thiazole rings is 1. The van der Waals surface area contributed by atoms with Crippen molar-refractivity contribution < 1.29 is 14.6 Å². The highest BCUT2D eigenvalue weighted by Gasteiger charge is 2.16. The van der Waals surface area contributed by atoms with Crippen LogP contribution in [-0.4, -0.2) is 24.3 Å². The Bertz CT molecular complexity index is 517. The number of aliphatic hydroxyl groups excluding tert-OH is 1. The Kier molecular flexibility index (Phi) is 3.84. The molecule has 2 rings (SSSR count). The lowest BCUT2D eigenvalue weighted by Gasteiger charge is -2.12. The van der Waals surface area contributed by atoms with E-state index in [0.717, 1.165) is 5.69 Å². The standard InChI is InChI=1S/C13H15NO3S/c1-8-7-18-13(14-8)12(15)9-4-10(16-2)6-11(5-9)17-3/h4-7,12,15H,1-3H3. The molecule has 0 aliphatic carbocycles. The fraction of sp³-hybridized carbons (Fsp3) is 0.308. The minimum atomic E-state index is -0.757. The van der Waals surface area contributed by atoms with Crippen LogP contribution < -0.4 is 9.47 Å². The molecule has 1 aromatic heterocycles. The number of hydrogen-bond donors (Lipinski definition) is 1. The van der Waals surface area contributed by atoms with Gasteiger partial charge in [-0.15, -0.1) is 11.3 Å². The van der Waals surface area contributed by atoms with Crippen molar-refractivity contribution in [1.29, 1.82) is 0 Å². The van der Waals surface area contributed by atoms with Crippen LogP contribution >= 0.6 is 11.3 Å². The topological polar surface area (TPSA) is 51.6 Å². The van der Waals surface area contributed by atoms with E-state index in [1.54, 1.807) is 32.4 Å². The van der Waals surface area contributed by atoms with Gasteiger partial charge < -0.3 is 14.6 Å². The van der Waals surface area contributed by atoms with E-state index in [4.69, 9.17) is 9.47 Å². The molecule has 1 atom stereocenters. The zero-order valence-electron chi connectivity index (χ0n) is 10.5. The average molecular weight is 265 g/mol. The molecule has 1 N–H and O–H groups in total. The SMILES string of the molecule is COc1cc(OC)cc(C(O)c2nc(C)cs2)c1. The number of aliphatic hydroxyl groups is 1. The molecule has 18 heavy (non-hydrogen) atoms. The van der Waals surface area contributed by atoms with Gasteiger partial charge >= 0.3 is 0 Å². The van der Waals surface area contributed by atoms with Crippen molar-refractivity contribution in [3.8, 4) is 11.5 Å². The van der Waals surface area contributed by atoms with Gasteiger partial charge in [-0.25, -0.2) is 4.98 Å². The number of hydrogen-bond acceptors (Lipinski definition) is 5. The molecule has 0 fully saturated rings. The summed E-state index contributed by atoms with van der Waals surface area (Å²) in [6.45, 7) is 1.90. The molecule has 0 amide bonds. The molecule has 0 radical (unpaired) electrons. The Hall–Kier alpha value is -1.59. The van der Waals surface area contributed by atoms with Gasteiger partial charge in [0.25, 0.3) is 0 Å². The Morgan fingerprint density at radius 3 is 2.22 bits per heavy atom. The maximum absolute atomic E-state index is 10.3. The average Bonchev–Trinajstić information content (AvgIpc) is 2.83. The lowest BCUT2D eigenvalue weighted by Crippen LogP contribution is -2.00. The lowest BCUT2D eigenvalue weighted by atomic mass is 10.1. The van der Waals surface area contributed by atoms with E-state index in [-0.39, 0.29) is 0 Å². The Balaban J connectivity index is 2.37. The van der Waals surface area contributed by atoms with Crippen molar-refractivity contribution in [3.63, 3.8) is 0 Å². The highest BCUT2D eigenvalue weighted by atomic mass is 32.1. The van der Waals surface area contributed by atoms with Crippen LogP contribution in [0.5, 0.6) is 11.5 Å². The number of nitrogens with zero attached hydrogens (tertiary/aromatic N) is 1. The van der Waals surface area contributed by atoms with Crippen molar-refractivity contribution in [2.45, 2.75) is 13.0 Å². The summed E-state index contributed by atoms with van der Waals surface area (Å²) in [5.74, 6) is 1.30. The molecule has 1 heterocycles. The molecule has 4 nitrogen and oxygen atoms in total. The van der Waals surface area contributed by atoms with Crippen LogP contribution in [-0.2, 0) is 0 Å². The first-order valence-electron chi connectivity index (χ1n) is 5.47. The predicted molar refractivity (Wildman–Crippen MR) is 70.5 cm³/mol. The highest BCUT2D eigenvalue weighted by molar-refractivity contribution is 7.09. The number of methoxy groups -OCH3 is 2. The first-order valence-corrected chi connectivity index (χ1v) is 6.35. The van der Waals surface area contributed by atoms with Gasteiger partial charge in [0.05, 0.1) is 14.2 Å². The molecule has 5 heteroatoms. The van der Waals surface area contributed by atoms with E-state index in [2.05, 4.69) is 4.98 Å². The van der Waals surface area contributed by atoms with Gasteiger partial charge in [-0.3, -0.25) is 0 Å². The molecule has 0 saturated heterocycles. The third-order valence-corrected chi connectivity index (χ3v) is 3.58. The van der Waals surface area contributed by atoms with Gasteiger partial charge in [0, 0.05) is 17.1 Å². The van der Waals surface area contributed by atoms with Gasteiger partial charge in [-0.05, 0) is 24.6 Å². The second-order valence-electron chi connectivity index (χ2n) is 3.88. The Labute approximate surface area is 110 Å². The van der Waals surface area contributed by atoms with Crippen LogP contribution in [0.1, 0.15) is 22.4 Å². The zero-order valence-corrected chi connectivity index (χ0v) is 11.3. The molecule has 2 aromatic rings. The molecule has 1 unspecified atom stereocenters. The zero-order chi connectivity index (χ0) is 13.1. The van der Waals surface area contributed by atoms with Gasteiger partial charge in [-0.2, -0.15) is 0 Å². The van der Waals surface area contributed by atoms with Crippen molar-refractivity contribution in [2.75, 3.05) is 14.2 Å². The fourth-order valence-corrected chi connectivity index (χ4v) is 2.43. The molecule has 0 bridgehead atoms. The monoisotopic (exact) mass is 265 g/mol. The van der Waals surface area contributed by atoms with Gasteiger partial charge in [0.2, 0.25) is 0 Å². The molecular formula is C13H15NO3S. The van der Waals surface area contributed by atoms with Crippen molar-refractivity contribution >= 4 is 11.3 Å². The minimum absolute atomic E-state index is 0.650. The Morgan fingerprint density at radius 1 is 1.17 bits per heavy atom. The van der Waals surface area contributed by atoms with E-state index in [1.807, 2.05) is 12.3 Å². The quantitative estimate of drug-likeness (QED) is 0.923. The maximum Gasteiger partial charge on any atom is 0.131 e. The van der Waals surface area contributed by atoms with E-state index >= 15 is 0 Å². The normalized spacial score (nSPS) is 12.2. The molecule has 1 aromatic carbocycles. The Morgan fingerprint density at radius 2 is 1.78 bits per heavy atom. The van der Waals surface area contributed by atoms with Crippen molar-refractivity contribution in [1.82, 2.24) is 4.98 Å². The van der Waals surface area contributed by atoms with Crippen molar-refractivity contribution in [2.24, 2.45) is 0 Å². The third-order valence-electron chi connectivity index (χ3n) is 2.56. The highest BCUT2D eigenvalue weighted by Crippen LogP contribution is 2.31. The molecule has 96 valence electrons. The molecule has 0 aliphatic rings. The van der Waals surface area contributed by atoms with Gasteiger partial charge in [-0.1, -0.05) is 0 Å². The van der Waals surface area contributed by atoms with E-state index in [0.29, 0.717) is 22.1 Å². The summed E-state index contributed by atoms with van der Waals surface area (Å²) >= 11 is 1.44. The van der Waals surface area contributed by atoms with E-state index < -0.39 is 6.10 Å². The van der Waals surface area contributed by atoms with Crippen LogP contribution in [0.25, 0.3) is 0 Å². The van der Waals surface area contributed by atoms with Crippen molar-refractivity contribution in [3.05, 3.63) is 39.8 Å². The summed E-state index contributed by atoms with van der Waals surface area (Å²) in [5, 5.41) is 12.9. The van der Waals surface area contributed by atoms with Gasteiger partial charge in [0.15, 0.2) is 0 Å². The number of rotatable bonds is 4. The van der Waals surface area contributed by atoms with E-state index in [1.165, 1.54) is 11.3 Å². The summed E-state index contributed by atoms with van der Waals surface area (Å²) in [5.41, 5.74) is 1.62. The first kappa shape index (κ1) is 12.9. The largest absolute Gasteiger partial charge is 0.497 e.